The molecule has 11 heteroatoms. The highest BCUT2D eigenvalue weighted by Gasteiger charge is 2.59. The summed E-state index contributed by atoms with van der Waals surface area (Å²) in [7, 11) is 0. The number of carbonyl (C=O) groups is 2. The predicted octanol–water partition coefficient (Wildman–Crippen LogP) is 5.82. The number of hydrogen-bond donors (Lipinski definition) is 2. The maximum absolute atomic E-state index is 11.7. The van der Waals surface area contributed by atoms with E-state index < -0.39 is 16.8 Å². The lowest BCUT2D eigenvalue weighted by molar-refractivity contribution is -0.506. The van der Waals surface area contributed by atoms with Crippen LogP contribution in [0, 0.1) is 54.7 Å². The van der Waals surface area contributed by atoms with Crippen LogP contribution in [0.1, 0.15) is 77.7 Å². The molecule has 1 aromatic rings. The van der Waals surface area contributed by atoms with Crippen molar-refractivity contribution in [2.75, 3.05) is 19.7 Å². The maximum atomic E-state index is 11.7. The Kier molecular flexibility index (Phi) is 12.2. The largest absolute Gasteiger partial charge is 0.481 e. The van der Waals surface area contributed by atoms with E-state index >= 15 is 0 Å². The second kappa shape index (κ2) is 15.4. The average molecular weight is 614 g/mol. The highest BCUT2D eigenvalue weighted by molar-refractivity contribution is 5.71. The lowest BCUT2D eigenvalue weighted by atomic mass is 9.53. The highest BCUT2D eigenvalue weighted by atomic mass is 16.6. The van der Waals surface area contributed by atoms with Crippen LogP contribution in [0.2, 0.25) is 0 Å². The van der Waals surface area contributed by atoms with Gasteiger partial charge in [0, 0.05) is 16.4 Å². The summed E-state index contributed by atoms with van der Waals surface area (Å²) in [5.74, 6) is 0.0228. The fraction of sp³-hybridized carbons (Fsp3) is 0.636. The van der Waals surface area contributed by atoms with Gasteiger partial charge < -0.3 is 15.6 Å². The lowest BCUT2D eigenvalue weighted by Gasteiger charge is -2.49. The van der Waals surface area contributed by atoms with Crippen molar-refractivity contribution in [3.63, 3.8) is 0 Å². The Morgan fingerprint density at radius 1 is 0.886 bits per heavy atom. The standard InChI is InChI=1S/C14H21NO4.C12H17NO4.C7H9N/c1-3-10-5-11-7-14(9-15(17)18,12(11)6-10)8-13(16)19-4-2;1-2-8-3-9-5-12(6-11(14)15,7-13(16)17)10(9)4-8;8-6-7-4-2-1-3-5-7/h6,11-12H,3-5,7-9H2,1-2H3;4,9-10H,2-3,5-7H2,1H3,(H,14,15);1-5H,6,8H2/t11-,12-,14-;9-,10-,12-;/m11./s1. The molecule has 3 N–H and O–H groups in total. The normalized spacial score (nSPS) is 29.0. The molecule has 0 radical (unpaired) electrons. The number of carbonyl (C=O) groups excluding carboxylic acids is 1. The van der Waals surface area contributed by atoms with E-state index in [4.69, 9.17) is 15.6 Å². The number of nitrogens with zero attached hydrogens (tertiary/aromatic N) is 2. The summed E-state index contributed by atoms with van der Waals surface area (Å²) in [4.78, 5) is 43.6. The number of esters is 1. The summed E-state index contributed by atoms with van der Waals surface area (Å²) in [6.45, 7) is 6.57. The van der Waals surface area contributed by atoms with Gasteiger partial charge in [0.2, 0.25) is 13.1 Å². The number of hydrogen-bond acceptors (Lipinski definition) is 8. The molecule has 0 bridgehead atoms. The molecular formula is C33H47N3O8. The van der Waals surface area contributed by atoms with Gasteiger partial charge in [0.25, 0.3) is 0 Å². The summed E-state index contributed by atoms with van der Waals surface area (Å²) in [5.41, 5.74) is 8.11. The zero-order valence-corrected chi connectivity index (χ0v) is 26.1. The highest BCUT2D eigenvalue weighted by Crippen LogP contribution is 2.61. The molecule has 2 saturated carbocycles. The third-order valence-corrected chi connectivity index (χ3v) is 9.83. The first-order valence-corrected chi connectivity index (χ1v) is 15.6. The minimum Gasteiger partial charge on any atom is -0.481 e. The first-order chi connectivity index (χ1) is 20.9. The van der Waals surface area contributed by atoms with Crippen molar-refractivity contribution in [1.29, 1.82) is 0 Å². The Morgan fingerprint density at radius 2 is 1.36 bits per heavy atom. The Hall–Kier alpha value is -3.60. The summed E-state index contributed by atoms with van der Waals surface area (Å²) in [6.07, 6.45) is 9.85. The molecule has 5 rings (SSSR count). The lowest BCUT2D eigenvalue weighted by Crippen LogP contribution is -2.51. The molecule has 0 saturated heterocycles. The van der Waals surface area contributed by atoms with Crippen LogP contribution in [0.5, 0.6) is 0 Å². The topological polar surface area (TPSA) is 176 Å². The first kappa shape index (κ1) is 34.9. The van der Waals surface area contributed by atoms with Crippen molar-refractivity contribution in [1.82, 2.24) is 0 Å². The predicted molar refractivity (Wildman–Crippen MR) is 166 cm³/mol. The molecule has 1 aromatic carbocycles. The number of rotatable bonds is 12. The van der Waals surface area contributed by atoms with E-state index in [9.17, 15) is 29.8 Å². The molecule has 6 atom stereocenters. The molecule has 44 heavy (non-hydrogen) atoms. The van der Waals surface area contributed by atoms with E-state index in [1.54, 1.807) is 6.92 Å². The van der Waals surface area contributed by atoms with Crippen LogP contribution in [0.25, 0.3) is 0 Å². The van der Waals surface area contributed by atoms with Gasteiger partial charge in [-0.05, 0) is 74.7 Å². The second-order valence-corrected chi connectivity index (χ2v) is 12.7. The zero-order chi connectivity index (χ0) is 32.5. The van der Waals surface area contributed by atoms with Gasteiger partial charge in [-0.2, -0.15) is 0 Å². The molecule has 11 nitrogen and oxygen atoms in total. The fourth-order valence-corrected chi connectivity index (χ4v) is 7.88. The number of carboxylic acid groups (broad SMARTS) is 1. The molecule has 0 unspecified atom stereocenters. The van der Waals surface area contributed by atoms with Gasteiger partial charge in [-0.25, -0.2) is 0 Å². The van der Waals surface area contributed by atoms with Crippen molar-refractivity contribution in [3.8, 4) is 0 Å². The SMILES string of the molecule is CCC1=C[C@@H]2[C@H](C1)C[C@@]2(CC(=O)O)C[N+](=O)[O-].CCOC(=O)C[C@@]1(C[N+](=O)[O-])C[C@H]2CC(CC)=C[C@H]21.NCc1ccccc1. The smallest absolute Gasteiger partial charge is 0.306 e. The number of nitrogens with two attached hydrogens (primary N) is 1. The second-order valence-electron chi connectivity index (χ2n) is 12.7. The number of carboxylic acids is 1. The molecule has 242 valence electrons. The van der Waals surface area contributed by atoms with E-state index in [2.05, 4.69) is 26.0 Å². The fourth-order valence-electron chi connectivity index (χ4n) is 7.88. The summed E-state index contributed by atoms with van der Waals surface area (Å²) in [6, 6.07) is 9.99. The number of nitro groups is 2. The van der Waals surface area contributed by atoms with E-state index in [0.717, 1.165) is 32.1 Å². The van der Waals surface area contributed by atoms with Gasteiger partial charge in [0.1, 0.15) is 0 Å². The van der Waals surface area contributed by atoms with Crippen LogP contribution in [-0.4, -0.2) is 46.6 Å². The van der Waals surface area contributed by atoms with E-state index in [1.165, 1.54) is 16.7 Å². The minimum atomic E-state index is -0.927. The van der Waals surface area contributed by atoms with E-state index in [0.29, 0.717) is 31.4 Å². The van der Waals surface area contributed by atoms with Crippen LogP contribution in [0.15, 0.2) is 53.6 Å². The summed E-state index contributed by atoms with van der Waals surface area (Å²) in [5, 5.41) is 30.6. The molecule has 2 fully saturated rings. The number of aliphatic carboxylic acids is 1. The average Bonchev–Trinajstić information content (AvgIpc) is 3.50. The molecule has 0 heterocycles. The van der Waals surface area contributed by atoms with Crippen LogP contribution in [-0.2, 0) is 20.9 Å². The minimum absolute atomic E-state index is 0.0807. The number of allylic oxidation sites excluding steroid dienone is 4. The molecule has 4 aliphatic rings. The quantitative estimate of drug-likeness (QED) is 0.127. The third-order valence-electron chi connectivity index (χ3n) is 9.83. The molecular weight excluding hydrogens is 566 g/mol. The van der Waals surface area contributed by atoms with Crippen LogP contribution in [0.4, 0.5) is 0 Å². The molecule has 0 aromatic heterocycles. The van der Waals surface area contributed by atoms with Gasteiger partial charge in [0.05, 0.1) is 30.3 Å². The van der Waals surface area contributed by atoms with Crippen molar-refractivity contribution in [3.05, 3.63) is 79.4 Å². The van der Waals surface area contributed by atoms with Crippen LogP contribution >= 0.6 is 0 Å². The van der Waals surface area contributed by atoms with E-state index in [1.807, 2.05) is 30.3 Å². The number of fused-ring (bicyclic) bond motifs is 2. The van der Waals surface area contributed by atoms with Gasteiger partial charge in [0.15, 0.2) is 0 Å². The maximum Gasteiger partial charge on any atom is 0.306 e. The molecule has 0 spiro atoms. The van der Waals surface area contributed by atoms with Gasteiger partial charge in [-0.15, -0.1) is 0 Å². The number of ether oxygens (including phenoxy) is 1. The van der Waals surface area contributed by atoms with Crippen LogP contribution in [0.3, 0.4) is 0 Å². The summed E-state index contributed by atoms with van der Waals surface area (Å²) < 4.78 is 4.97. The monoisotopic (exact) mass is 613 g/mol. The van der Waals surface area contributed by atoms with Gasteiger partial charge in [-0.3, -0.25) is 29.8 Å². The Morgan fingerprint density at radius 3 is 1.73 bits per heavy atom. The Labute approximate surface area is 259 Å². The summed E-state index contributed by atoms with van der Waals surface area (Å²) >= 11 is 0. The Balaban J connectivity index is 0.000000194. The molecule has 4 aliphatic carbocycles. The van der Waals surface area contributed by atoms with Crippen LogP contribution < -0.4 is 5.73 Å². The Bertz CT molecular complexity index is 1230. The third kappa shape index (κ3) is 8.52. The van der Waals surface area contributed by atoms with Crippen molar-refractivity contribution >= 4 is 11.9 Å². The molecule has 0 aliphatic heterocycles. The zero-order valence-electron chi connectivity index (χ0n) is 26.1. The van der Waals surface area contributed by atoms with Crippen molar-refractivity contribution < 1.29 is 29.3 Å². The van der Waals surface area contributed by atoms with Gasteiger partial charge in [-0.1, -0.05) is 67.5 Å². The number of benzene rings is 1. The molecule has 0 amide bonds. The van der Waals surface area contributed by atoms with Gasteiger partial charge >= 0.3 is 11.9 Å². The van der Waals surface area contributed by atoms with Crippen molar-refractivity contribution in [2.24, 2.45) is 40.2 Å². The van der Waals surface area contributed by atoms with Crippen molar-refractivity contribution in [2.45, 2.75) is 78.7 Å². The first-order valence-electron chi connectivity index (χ1n) is 15.6. The van der Waals surface area contributed by atoms with E-state index in [-0.39, 0.29) is 53.6 Å².